The molecule has 0 aromatic carbocycles. The van der Waals surface area contributed by atoms with Crippen LogP contribution in [0.3, 0.4) is 0 Å². The molecule has 2 fully saturated rings. The maximum atomic E-state index is 8.98. The predicted molar refractivity (Wildman–Crippen MR) is 53.0 cm³/mol. The van der Waals surface area contributed by atoms with Crippen LogP contribution in [0.15, 0.2) is 0 Å². The van der Waals surface area contributed by atoms with Gasteiger partial charge >= 0.3 is 0 Å². The molecule has 2 heterocycles. The summed E-state index contributed by atoms with van der Waals surface area (Å²) in [6.45, 7) is 2.74. The highest BCUT2D eigenvalue weighted by atomic mass is 16.3. The molecule has 5 heteroatoms. The molecule has 5 N–H and O–H groups in total. The molecule has 0 aliphatic carbocycles. The van der Waals surface area contributed by atoms with Gasteiger partial charge in [0, 0.05) is 6.54 Å². The van der Waals surface area contributed by atoms with E-state index in [1.165, 1.54) is 25.9 Å². The van der Waals surface area contributed by atoms with Crippen LogP contribution < -0.4 is 10.6 Å². The van der Waals surface area contributed by atoms with E-state index in [9.17, 15) is 0 Å². The van der Waals surface area contributed by atoms with Gasteiger partial charge in [-0.3, -0.25) is 0 Å². The van der Waals surface area contributed by atoms with Crippen LogP contribution in [0.1, 0.15) is 12.8 Å². The minimum Gasteiger partial charge on any atom is -0.395 e. The monoisotopic (exact) mass is 204 g/mol. The standard InChI is InChI=1S/C5H11NO3.C4H9N/c7-2-3-5(9)4(8)1-6-3;1-2-4-5-3-1/h3-9H,1-2H2;5H,1-4H2. The largest absolute Gasteiger partial charge is 0.395 e. The van der Waals surface area contributed by atoms with Crippen LogP contribution in [0.25, 0.3) is 0 Å². The van der Waals surface area contributed by atoms with E-state index in [1.54, 1.807) is 0 Å². The van der Waals surface area contributed by atoms with Crippen molar-refractivity contribution in [1.29, 1.82) is 0 Å². The molecule has 0 radical (unpaired) electrons. The summed E-state index contributed by atoms with van der Waals surface area (Å²) in [4.78, 5) is 0. The number of hydrogen-bond donors (Lipinski definition) is 5. The zero-order chi connectivity index (χ0) is 10.4. The van der Waals surface area contributed by atoms with Crippen LogP contribution in [0.5, 0.6) is 0 Å². The van der Waals surface area contributed by atoms with Crippen LogP contribution >= 0.6 is 0 Å². The first-order chi connectivity index (χ1) is 6.75. The molecule has 0 saturated carbocycles. The SMILES string of the molecule is C1CCNC1.OCC1NCC(O)C1O. The molecule has 2 rings (SSSR count). The summed E-state index contributed by atoms with van der Waals surface area (Å²) >= 11 is 0. The highest BCUT2D eigenvalue weighted by Crippen LogP contribution is 2.05. The van der Waals surface area contributed by atoms with Gasteiger partial charge in [0.05, 0.1) is 24.9 Å². The highest BCUT2D eigenvalue weighted by Gasteiger charge is 2.31. The lowest BCUT2D eigenvalue weighted by Crippen LogP contribution is -2.35. The van der Waals surface area contributed by atoms with Gasteiger partial charge in [-0.2, -0.15) is 0 Å². The second-order valence-electron chi connectivity index (χ2n) is 3.71. The average molecular weight is 204 g/mol. The lowest BCUT2D eigenvalue weighted by Gasteiger charge is -2.11. The number of rotatable bonds is 1. The topological polar surface area (TPSA) is 84.8 Å². The Bertz CT molecular complexity index is 145. The Morgan fingerprint density at radius 2 is 1.79 bits per heavy atom. The molecule has 0 bridgehead atoms. The third kappa shape index (κ3) is 3.51. The third-order valence-corrected chi connectivity index (χ3v) is 2.55. The van der Waals surface area contributed by atoms with Crippen molar-refractivity contribution in [2.75, 3.05) is 26.2 Å². The Hall–Kier alpha value is -0.200. The fourth-order valence-electron chi connectivity index (χ4n) is 1.58. The summed E-state index contributed by atoms with van der Waals surface area (Å²) in [5.74, 6) is 0. The Morgan fingerprint density at radius 1 is 1.14 bits per heavy atom. The first kappa shape index (κ1) is 11.9. The van der Waals surface area contributed by atoms with Gasteiger partial charge in [0.25, 0.3) is 0 Å². The molecule has 2 saturated heterocycles. The van der Waals surface area contributed by atoms with Crippen LogP contribution in [0.2, 0.25) is 0 Å². The molecule has 84 valence electrons. The zero-order valence-corrected chi connectivity index (χ0v) is 8.32. The number of aliphatic hydroxyl groups is 3. The van der Waals surface area contributed by atoms with Gasteiger partial charge in [0.15, 0.2) is 0 Å². The van der Waals surface area contributed by atoms with E-state index in [1.807, 2.05) is 0 Å². The van der Waals surface area contributed by atoms with Gasteiger partial charge in [0.2, 0.25) is 0 Å². The van der Waals surface area contributed by atoms with Crippen molar-refractivity contribution < 1.29 is 15.3 Å². The molecule has 0 aromatic heterocycles. The first-order valence-electron chi connectivity index (χ1n) is 5.17. The van der Waals surface area contributed by atoms with Crippen molar-refractivity contribution in [3.05, 3.63) is 0 Å². The number of β-amino-alcohol motifs (C(OH)–C–C–N with tert-alkyl or cyclic N) is 1. The maximum absolute atomic E-state index is 8.98. The van der Waals surface area contributed by atoms with E-state index in [2.05, 4.69) is 10.6 Å². The molecule has 0 aromatic rings. The van der Waals surface area contributed by atoms with Crippen molar-refractivity contribution in [2.45, 2.75) is 31.1 Å². The van der Waals surface area contributed by atoms with Gasteiger partial charge in [0.1, 0.15) is 0 Å². The maximum Gasteiger partial charge on any atom is 0.0986 e. The molecule has 5 nitrogen and oxygen atoms in total. The molecular formula is C9H20N2O3. The lowest BCUT2D eigenvalue weighted by molar-refractivity contribution is 0.0295. The summed E-state index contributed by atoms with van der Waals surface area (Å²) in [6, 6.07) is -0.347. The van der Waals surface area contributed by atoms with E-state index in [0.717, 1.165) is 0 Å². The molecule has 14 heavy (non-hydrogen) atoms. The van der Waals surface area contributed by atoms with Gasteiger partial charge in [-0.05, 0) is 25.9 Å². The molecular weight excluding hydrogens is 184 g/mol. The number of nitrogens with one attached hydrogen (secondary N) is 2. The van der Waals surface area contributed by atoms with Gasteiger partial charge in [-0.1, -0.05) is 0 Å². The van der Waals surface area contributed by atoms with Crippen LogP contribution in [-0.2, 0) is 0 Å². The molecule has 2 aliphatic rings. The lowest BCUT2D eigenvalue weighted by atomic mass is 10.1. The van der Waals surface area contributed by atoms with Crippen molar-refractivity contribution in [3.8, 4) is 0 Å². The van der Waals surface area contributed by atoms with E-state index in [-0.39, 0.29) is 12.6 Å². The van der Waals surface area contributed by atoms with Crippen LogP contribution in [0, 0.1) is 0 Å². The molecule has 0 spiro atoms. The fourth-order valence-corrected chi connectivity index (χ4v) is 1.58. The minimum atomic E-state index is -0.810. The minimum absolute atomic E-state index is 0.127. The highest BCUT2D eigenvalue weighted by molar-refractivity contribution is 4.89. The summed E-state index contributed by atoms with van der Waals surface area (Å²) in [5.41, 5.74) is 0. The summed E-state index contributed by atoms with van der Waals surface area (Å²) in [7, 11) is 0. The second-order valence-corrected chi connectivity index (χ2v) is 3.71. The quantitative estimate of drug-likeness (QED) is 0.342. The van der Waals surface area contributed by atoms with Crippen molar-refractivity contribution in [3.63, 3.8) is 0 Å². The average Bonchev–Trinajstić information content (AvgIpc) is 2.82. The predicted octanol–water partition coefficient (Wildman–Crippen LogP) is -1.96. The van der Waals surface area contributed by atoms with E-state index in [0.29, 0.717) is 6.54 Å². The molecule has 3 atom stereocenters. The van der Waals surface area contributed by atoms with Gasteiger partial charge in [-0.15, -0.1) is 0 Å². The summed E-state index contributed by atoms with van der Waals surface area (Å²) < 4.78 is 0. The first-order valence-corrected chi connectivity index (χ1v) is 5.17. The van der Waals surface area contributed by atoms with Crippen molar-refractivity contribution >= 4 is 0 Å². The van der Waals surface area contributed by atoms with Gasteiger partial charge in [-0.25, -0.2) is 0 Å². The molecule has 0 amide bonds. The Labute approximate surface area is 84.1 Å². The van der Waals surface area contributed by atoms with Crippen LogP contribution in [0.4, 0.5) is 0 Å². The number of aliphatic hydroxyl groups excluding tert-OH is 3. The van der Waals surface area contributed by atoms with E-state index < -0.39 is 12.2 Å². The van der Waals surface area contributed by atoms with Crippen LogP contribution in [-0.4, -0.2) is 59.8 Å². The summed E-state index contributed by atoms with van der Waals surface area (Å²) in [6.07, 6.45) is 1.25. The Balaban J connectivity index is 0.000000165. The zero-order valence-electron chi connectivity index (χ0n) is 8.32. The molecule has 3 unspecified atom stereocenters. The Kier molecular flexibility index (Phi) is 5.36. The molecule has 2 aliphatic heterocycles. The fraction of sp³-hybridized carbons (Fsp3) is 1.00. The third-order valence-electron chi connectivity index (χ3n) is 2.55. The van der Waals surface area contributed by atoms with E-state index >= 15 is 0 Å². The van der Waals surface area contributed by atoms with Crippen molar-refractivity contribution in [2.24, 2.45) is 0 Å². The second kappa shape index (κ2) is 6.31. The normalized spacial score (nSPS) is 36.6. The number of hydrogen-bond acceptors (Lipinski definition) is 5. The Morgan fingerprint density at radius 3 is 2.00 bits per heavy atom. The van der Waals surface area contributed by atoms with E-state index in [4.69, 9.17) is 15.3 Å². The van der Waals surface area contributed by atoms with Gasteiger partial charge < -0.3 is 26.0 Å². The van der Waals surface area contributed by atoms with Crippen molar-refractivity contribution in [1.82, 2.24) is 10.6 Å². The summed E-state index contributed by atoms with van der Waals surface area (Å²) in [5, 5.41) is 32.4. The smallest absolute Gasteiger partial charge is 0.0986 e.